The number of benzene rings is 1. The quantitative estimate of drug-likeness (QED) is 0.796. The first-order chi connectivity index (χ1) is 8.58. The summed E-state index contributed by atoms with van der Waals surface area (Å²) in [6, 6.07) is 7.73. The molecule has 0 saturated heterocycles. The van der Waals surface area contributed by atoms with Gasteiger partial charge in [0.2, 0.25) is 5.91 Å². The molecule has 0 bridgehead atoms. The Morgan fingerprint density at radius 1 is 1.33 bits per heavy atom. The number of carbonyl (C=O) groups is 1. The van der Waals surface area contributed by atoms with Crippen molar-refractivity contribution in [1.82, 2.24) is 4.90 Å². The van der Waals surface area contributed by atoms with Gasteiger partial charge in [-0.15, -0.1) is 0 Å². The summed E-state index contributed by atoms with van der Waals surface area (Å²) in [4.78, 5) is 12.6. The minimum Gasteiger partial charge on any atom is -0.492 e. The zero-order chi connectivity index (χ0) is 13.4. The average molecular weight is 248 g/mol. The van der Waals surface area contributed by atoms with Crippen LogP contribution in [0, 0.1) is 0 Å². The van der Waals surface area contributed by atoms with Gasteiger partial charge in [0.25, 0.3) is 0 Å². The molecule has 0 spiro atoms. The molecule has 98 valence electrons. The third kappa shape index (κ3) is 6.06. The molecule has 0 aliphatic heterocycles. The van der Waals surface area contributed by atoms with Gasteiger partial charge in [-0.3, -0.25) is 4.79 Å². The Balaban J connectivity index is 2.42. The molecule has 18 heavy (non-hydrogen) atoms. The van der Waals surface area contributed by atoms with Crippen LogP contribution in [-0.4, -0.2) is 38.1 Å². The molecule has 0 atom stereocenters. The Hall–Kier alpha value is -1.81. The third-order valence-electron chi connectivity index (χ3n) is 2.32. The molecular formula is C14H20N2O2. The number of nitrogens with zero attached hydrogens (tertiary/aromatic N) is 1. The Morgan fingerprint density at radius 2 is 2.00 bits per heavy atom. The van der Waals surface area contributed by atoms with Gasteiger partial charge < -0.3 is 15.4 Å². The number of amides is 1. The van der Waals surface area contributed by atoms with E-state index in [0.29, 0.717) is 6.61 Å². The largest absolute Gasteiger partial charge is 0.492 e. The SMILES string of the molecule is CN(C)CCOc1ccc(C=CCC(N)=O)cc1. The van der Waals surface area contributed by atoms with E-state index in [9.17, 15) is 4.79 Å². The van der Waals surface area contributed by atoms with E-state index < -0.39 is 0 Å². The maximum atomic E-state index is 10.6. The number of hydrogen-bond acceptors (Lipinski definition) is 3. The summed E-state index contributed by atoms with van der Waals surface area (Å²) in [7, 11) is 4.02. The van der Waals surface area contributed by atoms with Crippen LogP contribution in [0.5, 0.6) is 5.75 Å². The number of nitrogens with two attached hydrogens (primary N) is 1. The first-order valence-electron chi connectivity index (χ1n) is 5.90. The first-order valence-corrected chi connectivity index (χ1v) is 5.90. The molecule has 1 amide bonds. The fourth-order valence-electron chi connectivity index (χ4n) is 1.33. The predicted molar refractivity (Wildman–Crippen MR) is 73.3 cm³/mol. The second kappa shape index (κ2) is 7.50. The summed E-state index contributed by atoms with van der Waals surface area (Å²) in [5, 5.41) is 0. The normalized spacial score (nSPS) is 11.1. The van der Waals surface area contributed by atoms with Crippen LogP contribution in [0.1, 0.15) is 12.0 Å². The molecule has 0 radical (unpaired) electrons. The standard InChI is InChI=1S/C14H20N2O2/c1-16(2)10-11-18-13-8-6-12(7-9-13)4-3-5-14(15)17/h3-4,6-9H,5,10-11H2,1-2H3,(H2,15,17). The number of primary amides is 1. The van der Waals surface area contributed by atoms with Crippen molar-refractivity contribution < 1.29 is 9.53 Å². The monoisotopic (exact) mass is 248 g/mol. The Labute approximate surface area is 108 Å². The van der Waals surface area contributed by atoms with Crippen molar-refractivity contribution >= 4 is 12.0 Å². The lowest BCUT2D eigenvalue weighted by atomic mass is 10.2. The van der Waals surface area contributed by atoms with Crippen molar-refractivity contribution in [3.63, 3.8) is 0 Å². The molecule has 4 heteroatoms. The van der Waals surface area contributed by atoms with E-state index >= 15 is 0 Å². The highest BCUT2D eigenvalue weighted by molar-refractivity contribution is 5.76. The van der Waals surface area contributed by atoms with Gasteiger partial charge in [0.15, 0.2) is 0 Å². The smallest absolute Gasteiger partial charge is 0.221 e. The Morgan fingerprint density at radius 3 is 2.56 bits per heavy atom. The zero-order valence-corrected chi connectivity index (χ0v) is 10.9. The molecule has 1 aromatic rings. The van der Waals surface area contributed by atoms with E-state index in [1.165, 1.54) is 0 Å². The number of carbonyl (C=O) groups excluding carboxylic acids is 1. The topological polar surface area (TPSA) is 55.6 Å². The van der Waals surface area contributed by atoms with Crippen molar-refractivity contribution in [1.29, 1.82) is 0 Å². The fourth-order valence-corrected chi connectivity index (χ4v) is 1.33. The maximum absolute atomic E-state index is 10.6. The second-order valence-corrected chi connectivity index (χ2v) is 4.29. The molecule has 0 fully saturated rings. The van der Waals surface area contributed by atoms with Gasteiger partial charge in [0.05, 0.1) is 0 Å². The Bertz CT molecular complexity index is 397. The van der Waals surface area contributed by atoms with Crippen molar-refractivity contribution in [2.75, 3.05) is 27.2 Å². The number of likely N-dealkylation sites (N-methyl/N-ethyl adjacent to an activating group) is 1. The van der Waals surface area contributed by atoms with E-state index in [4.69, 9.17) is 10.5 Å². The van der Waals surface area contributed by atoms with Gasteiger partial charge in [0.1, 0.15) is 12.4 Å². The van der Waals surface area contributed by atoms with Crippen LogP contribution in [-0.2, 0) is 4.79 Å². The van der Waals surface area contributed by atoms with E-state index in [-0.39, 0.29) is 12.3 Å². The molecular weight excluding hydrogens is 228 g/mol. The summed E-state index contributed by atoms with van der Waals surface area (Å²) in [6.45, 7) is 1.56. The summed E-state index contributed by atoms with van der Waals surface area (Å²) in [5.74, 6) is 0.527. The summed E-state index contributed by atoms with van der Waals surface area (Å²) in [5.41, 5.74) is 6.07. The molecule has 1 aromatic carbocycles. The van der Waals surface area contributed by atoms with Crippen LogP contribution in [0.2, 0.25) is 0 Å². The van der Waals surface area contributed by atoms with Crippen molar-refractivity contribution in [3.8, 4) is 5.75 Å². The van der Waals surface area contributed by atoms with Crippen molar-refractivity contribution in [2.24, 2.45) is 5.73 Å². The summed E-state index contributed by atoms with van der Waals surface area (Å²) >= 11 is 0. The second-order valence-electron chi connectivity index (χ2n) is 4.29. The maximum Gasteiger partial charge on any atom is 0.221 e. The van der Waals surface area contributed by atoms with E-state index in [1.807, 2.05) is 44.4 Å². The molecule has 2 N–H and O–H groups in total. The lowest BCUT2D eigenvalue weighted by Crippen LogP contribution is -2.19. The van der Waals surface area contributed by atoms with Crippen LogP contribution < -0.4 is 10.5 Å². The highest BCUT2D eigenvalue weighted by Crippen LogP contribution is 2.13. The van der Waals surface area contributed by atoms with Crippen LogP contribution in [0.3, 0.4) is 0 Å². The first kappa shape index (κ1) is 14.3. The number of ether oxygens (including phenoxy) is 1. The highest BCUT2D eigenvalue weighted by atomic mass is 16.5. The van der Waals surface area contributed by atoms with Crippen molar-refractivity contribution in [3.05, 3.63) is 35.9 Å². The highest BCUT2D eigenvalue weighted by Gasteiger charge is 1.95. The van der Waals surface area contributed by atoms with Crippen molar-refractivity contribution in [2.45, 2.75) is 6.42 Å². The minimum atomic E-state index is -0.324. The molecule has 0 unspecified atom stereocenters. The molecule has 0 heterocycles. The van der Waals surface area contributed by atoms with Gasteiger partial charge in [-0.1, -0.05) is 24.3 Å². The molecule has 4 nitrogen and oxygen atoms in total. The van der Waals surface area contributed by atoms with E-state index in [0.717, 1.165) is 17.9 Å². The molecule has 0 aromatic heterocycles. The van der Waals surface area contributed by atoms with Gasteiger partial charge in [-0.25, -0.2) is 0 Å². The zero-order valence-electron chi connectivity index (χ0n) is 10.9. The molecule has 0 aliphatic carbocycles. The molecule has 0 saturated carbocycles. The Kier molecular flexibility index (Phi) is 5.94. The van der Waals surface area contributed by atoms with Crippen LogP contribution in [0.4, 0.5) is 0 Å². The van der Waals surface area contributed by atoms with E-state index in [1.54, 1.807) is 6.08 Å². The summed E-state index contributed by atoms with van der Waals surface area (Å²) in [6.07, 6.45) is 3.89. The van der Waals surface area contributed by atoms with Gasteiger partial charge in [0, 0.05) is 13.0 Å². The van der Waals surface area contributed by atoms with Gasteiger partial charge in [-0.05, 0) is 31.8 Å². The summed E-state index contributed by atoms with van der Waals surface area (Å²) < 4.78 is 5.57. The van der Waals surface area contributed by atoms with Gasteiger partial charge >= 0.3 is 0 Å². The van der Waals surface area contributed by atoms with Crippen LogP contribution >= 0.6 is 0 Å². The molecule has 0 aliphatic rings. The predicted octanol–water partition coefficient (Wildman–Crippen LogP) is 1.52. The average Bonchev–Trinajstić information content (AvgIpc) is 2.30. The lowest BCUT2D eigenvalue weighted by Gasteiger charge is -2.10. The lowest BCUT2D eigenvalue weighted by molar-refractivity contribution is -0.117. The third-order valence-corrected chi connectivity index (χ3v) is 2.32. The number of hydrogen-bond donors (Lipinski definition) is 1. The fraction of sp³-hybridized carbons (Fsp3) is 0.357. The number of rotatable bonds is 7. The molecule has 1 rings (SSSR count). The van der Waals surface area contributed by atoms with Gasteiger partial charge in [-0.2, -0.15) is 0 Å². The van der Waals surface area contributed by atoms with E-state index in [2.05, 4.69) is 4.90 Å². The van der Waals surface area contributed by atoms with Crippen LogP contribution in [0.15, 0.2) is 30.3 Å². The van der Waals surface area contributed by atoms with Crippen LogP contribution in [0.25, 0.3) is 6.08 Å². The minimum absolute atomic E-state index is 0.265.